The fraction of sp³-hybridized carbons (Fsp3) is 0.588. The van der Waals surface area contributed by atoms with E-state index in [-0.39, 0.29) is 31.1 Å². The van der Waals surface area contributed by atoms with Gasteiger partial charge in [0.2, 0.25) is 0 Å². The van der Waals surface area contributed by atoms with Gasteiger partial charge in [0, 0.05) is 5.92 Å². The van der Waals surface area contributed by atoms with Crippen LogP contribution in [0, 0.1) is 35.0 Å². The fourth-order valence-corrected chi connectivity index (χ4v) is 4.15. The maximum Gasteiger partial charge on any atom is 3.00 e. The molecule has 109 valence electrons. The normalized spacial score (nSPS) is 36.8. The Morgan fingerprint density at radius 2 is 1.60 bits per heavy atom. The third-order valence-electron chi connectivity index (χ3n) is 5.33. The first-order valence-corrected chi connectivity index (χ1v) is 6.93. The zero-order valence-corrected chi connectivity index (χ0v) is 14.0. The van der Waals surface area contributed by atoms with Crippen molar-refractivity contribution in [2.75, 3.05) is 0 Å². The first-order chi connectivity index (χ1) is 8.04. The summed E-state index contributed by atoms with van der Waals surface area (Å²) < 4.78 is 0. The van der Waals surface area contributed by atoms with Crippen molar-refractivity contribution in [3.05, 3.63) is 42.9 Å². The van der Waals surface area contributed by atoms with Crippen LogP contribution in [0.1, 0.15) is 33.6 Å². The first-order valence-electron chi connectivity index (χ1n) is 6.93. The Labute approximate surface area is 136 Å². The monoisotopic (exact) mass is 313 g/mol. The summed E-state index contributed by atoms with van der Waals surface area (Å²) in [7, 11) is 0. The molecule has 1 radical (unpaired) electrons. The molecule has 0 aliphatic heterocycles. The van der Waals surface area contributed by atoms with Gasteiger partial charge in [-0.1, -0.05) is 69.6 Å². The molecule has 0 aromatic rings. The fourth-order valence-electron chi connectivity index (χ4n) is 4.15. The van der Waals surface area contributed by atoms with Crippen LogP contribution < -0.4 is 9.41 Å². The number of rotatable bonds is 1. The molecule has 3 heteroatoms. The Kier molecular flexibility index (Phi) is 6.63. The van der Waals surface area contributed by atoms with Crippen LogP contribution in [-0.4, -0.2) is 0 Å². The Balaban J connectivity index is 0.00000120. The second-order valence-corrected chi connectivity index (χ2v) is 6.76. The minimum atomic E-state index is 0. The number of halogens is 2. The minimum absolute atomic E-state index is 0. The molecule has 0 aromatic heterocycles. The smallest absolute Gasteiger partial charge is 1.00 e. The molecule has 1 fully saturated rings. The quantitative estimate of drug-likeness (QED) is 0.316. The number of hydrogen-bond donors (Lipinski definition) is 0. The van der Waals surface area contributed by atoms with Crippen LogP contribution in [0.4, 0.5) is 0 Å². The van der Waals surface area contributed by atoms with Crippen LogP contribution >= 0.6 is 0 Å². The van der Waals surface area contributed by atoms with Gasteiger partial charge >= 0.3 is 21.7 Å². The van der Waals surface area contributed by atoms with E-state index in [0.29, 0.717) is 16.7 Å². The molecule has 0 spiro atoms. The van der Waals surface area contributed by atoms with Gasteiger partial charge in [-0.15, -0.1) is 0 Å². The molecule has 3 unspecified atom stereocenters. The maximum atomic E-state index is 2.58. The Hall–Kier alpha value is -0.206. The average Bonchev–Trinajstić information content (AvgIpc) is 2.94. The van der Waals surface area contributed by atoms with E-state index in [4.69, 9.17) is 0 Å². The zero-order chi connectivity index (χ0) is 12.1. The SMILES string of the molecule is CC1(C)C=CC(C)(C2C=CC=C2)C2CC[CH-]C21.[F-].[F-].[Ti+3]. The molecule has 3 aliphatic carbocycles. The van der Waals surface area contributed by atoms with Crippen molar-refractivity contribution < 1.29 is 31.1 Å². The molecule has 0 bridgehead atoms. The van der Waals surface area contributed by atoms with Gasteiger partial charge in [0.25, 0.3) is 0 Å². The predicted octanol–water partition coefficient (Wildman–Crippen LogP) is -1.43. The van der Waals surface area contributed by atoms with Gasteiger partial charge in [0.05, 0.1) is 0 Å². The minimum Gasteiger partial charge on any atom is -1.00 e. The molecular formula is C17H23F2Ti. The van der Waals surface area contributed by atoms with Crippen LogP contribution in [0.25, 0.3) is 0 Å². The molecule has 20 heavy (non-hydrogen) atoms. The maximum absolute atomic E-state index is 2.58. The second kappa shape index (κ2) is 6.70. The second-order valence-electron chi connectivity index (χ2n) is 6.76. The molecule has 0 heterocycles. The van der Waals surface area contributed by atoms with E-state index in [1.807, 2.05) is 0 Å². The predicted molar refractivity (Wildman–Crippen MR) is 73.3 cm³/mol. The number of fused-ring (bicyclic) bond motifs is 1. The third kappa shape index (κ3) is 2.87. The van der Waals surface area contributed by atoms with Crippen molar-refractivity contribution in [1.29, 1.82) is 0 Å². The van der Waals surface area contributed by atoms with E-state index in [1.54, 1.807) is 0 Å². The van der Waals surface area contributed by atoms with Gasteiger partial charge < -0.3 is 15.8 Å². The standard InChI is InChI=1S/C17H23.2FH.Ti/c1-16(2)11-12-17(3,13-7-4-5-8-13)15-10-6-9-14(15)16;;;/h4-5,7-9,11-15H,6,10H2,1-3H3;2*1H;/q-1;;;+3/p-2. The summed E-state index contributed by atoms with van der Waals surface area (Å²) in [4.78, 5) is 0. The van der Waals surface area contributed by atoms with Crippen LogP contribution in [0.3, 0.4) is 0 Å². The number of hydrogen-bond acceptors (Lipinski definition) is 0. The molecule has 0 aromatic carbocycles. The van der Waals surface area contributed by atoms with E-state index in [9.17, 15) is 0 Å². The molecule has 0 N–H and O–H groups in total. The Morgan fingerprint density at radius 1 is 1.00 bits per heavy atom. The van der Waals surface area contributed by atoms with E-state index in [2.05, 4.69) is 63.6 Å². The number of allylic oxidation sites excluding steroid dienone is 6. The summed E-state index contributed by atoms with van der Waals surface area (Å²) in [5.41, 5.74) is 0.684. The Morgan fingerprint density at radius 3 is 2.20 bits per heavy atom. The molecule has 0 saturated heterocycles. The van der Waals surface area contributed by atoms with Crippen molar-refractivity contribution in [2.45, 2.75) is 33.6 Å². The topological polar surface area (TPSA) is 0 Å². The molecule has 0 amide bonds. The van der Waals surface area contributed by atoms with Gasteiger partial charge in [-0.2, -0.15) is 12.3 Å². The van der Waals surface area contributed by atoms with Gasteiger partial charge in [-0.05, 0) is 10.8 Å². The van der Waals surface area contributed by atoms with E-state index >= 15 is 0 Å². The molecule has 1 saturated carbocycles. The van der Waals surface area contributed by atoms with Gasteiger partial charge in [0.1, 0.15) is 0 Å². The molecule has 3 rings (SSSR count). The molecule has 3 atom stereocenters. The van der Waals surface area contributed by atoms with Crippen molar-refractivity contribution in [1.82, 2.24) is 0 Å². The van der Waals surface area contributed by atoms with Crippen LogP contribution in [0.2, 0.25) is 0 Å². The average molecular weight is 313 g/mol. The summed E-state index contributed by atoms with van der Waals surface area (Å²) >= 11 is 0. The third-order valence-corrected chi connectivity index (χ3v) is 5.33. The zero-order valence-electron chi connectivity index (χ0n) is 12.4. The van der Waals surface area contributed by atoms with Gasteiger partial charge in [-0.25, -0.2) is 0 Å². The summed E-state index contributed by atoms with van der Waals surface area (Å²) in [5.74, 6) is 2.19. The summed E-state index contributed by atoms with van der Waals surface area (Å²) in [6, 6.07) is 0. The largest absolute Gasteiger partial charge is 3.00 e. The van der Waals surface area contributed by atoms with Crippen molar-refractivity contribution in [3.63, 3.8) is 0 Å². The van der Waals surface area contributed by atoms with Crippen LogP contribution in [0.15, 0.2) is 36.5 Å². The molecular weight excluding hydrogens is 290 g/mol. The summed E-state index contributed by atoms with van der Waals surface area (Å²) in [5, 5.41) is 0. The van der Waals surface area contributed by atoms with E-state index < -0.39 is 0 Å². The summed E-state index contributed by atoms with van der Waals surface area (Å²) in [6.07, 6.45) is 19.4. The van der Waals surface area contributed by atoms with Crippen molar-refractivity contribution >= 4 is 0 Å². The molecule has 0 nitrogen and oxygen atoms in total. The van der Waals surface area contributed by atoms with Crippen LogP contribution in [-0.2, 0) is 21.7 Å². The summed E-state index contributed by atoms with van der Waals surface area (Å²) in [6.45, 7) is 7.24. The van der Waals surface area contributed by atoms with Gasteiger partial charge in [0.15, 0.2) is 0 Å². The van der Waals surface area contributed by atoms with Crippen molar-refractivity contribution in [2.24, 2.45) is 28.6 Å². The van der Waals surface area contributed by atoms with Crippen LogP contribution in [0.5, 0.6) is 0 Å². The van der Waals surface area contributed by atoms with E-state index in [0.717, 1.165) is 11.8 Å². The molecule has 3 aliphatic rings. The van der Waals surface area contributed by atoms with Gasteiger partial charge in [-0.3, -0.25) is 0 Å². The van der Waals surface area contributed by atoms with Crippen molar-refractivity contribution in [3.8, 4) is 0 Å². The van der Waals surface area contributed by atoms with E-state index in [1.165, 1.54) is 12.8 Å². The first kappa shape index (κ1) is 19.8. The Bertz CT molecular complexity index is 399.